The Morgan fingerprint density at radius 1 is 0.781 bits per heavy atom. The molecule has 0 atom stereocenters. The van der Waals surface area contributed by atoms with Crippen molar-refractivity contribution in [3.63, 3.8) is 0 Å². The minimum atomic E-state index is -4.76. The molecule has 0 saturated carbocycles. The molecule has 0 aliphatic heterocycles. The molecule has 0 saturated heterocycles. The molecule has 0 aliphatic carbocycles. The van der Waals surface area contributed by atoms with Crippen LogP contribution in [0.4, 0.5) is 26.3 Å². The first kappa shape index (κ1) is 23.2. The molecule has 1 N–H and O–H groups in total. The van der Waals surface area contributed by atoms with Crippen LogP contribution < -0.4 is 10.1 Å². The standard InChI is InChI=1S/C23H17F6NO2/c24-22(25,26)20-4-2-1-3-19(20)21(31)30-14-13-15-5-7-16(8-6-15)17-9-11-18(12-10-17)32-23(27,28)29/h1-12H,13-14H2,(H,30,31). The van der Waals surface area contributed by atoms with Crippen LogP contribution in [-0.2, 0) is 12.6 Å². The first-order chi connectivity index (χ1) is 15.0. The highest BCUT2D eigenvalue weighted by Crippen LogP contribution is 2.32. The van der Waals surface area contributed by atoms with Gasteiger partial charge in [-0.25, -0.2) is 0 Å². The van der Waals surface area contributed by atoms with Gasteiger partial charge in [0.2, 0.25) is 0 Å². The van der Waals surface area contributed by atoms with E-state index in [1.165, 1.54) is 36.4 Å². The summed E-state index contributed by atoms with van der Waals surface area (Å²) in [7, 11) is 0. The summed E-state index contributed by atoms with van der Waals surface area (Å²) in [4.78, 5) is 12.2. The molecule has 3 rings (SSSR count). The highest BCUT2D eigenvalue weighted by molar-refractivity contribution is 5.95. The number of halogens is 6. The average Bonchev–Trinajstić information content (AvgIpc) is 2.73. The van der Waals surface area contributed by atoms with Gasteiger partial charge in [0.05, 0.1) is 11.1 Å². The number of hydrogen-bond acceptors (Lipinski definition) is 2. The Bertz CT molecular complexity index is 1060. The van der Waals surface area contributed by atoms with Crippen LogP contribution in [0, 0.1) is 0 Å². The van der Waals surface area contributed by atoms with Crippen molar-refractivity contribution in [2.24, 2.45) is 0 Å². The molecule has 3 aromatic carbocycles. The van der Waals surface area contributed by atoms with Crippen molar-refractivity contribution in [2.75, 3.05) is 6.54 Å². The third-order valence-electron chi connectivity index (χ3n) is 4.55. The number of benzene rings is 3. The Hall–Kier alpha value is -3.49. The van der Waals surface area contributed by atoms with Crippen molar-refractivity contribution in [1.29, 1.82) is 0 Å². The maximum atomic E-state index is 13.0. The van der Waals surface area contributed by atoms with Crippen LogP contribution in [0.5, 0.6) is 5.75 Å². The molecular weight excluding hydrogens is 436 g/mol. The van der Waals surface area contributed by atoms with E-state index in [-0.39, 0.29) is 12.3 Å². The van der Waals surface area contributed by atoms with Gasteiger partial charge < -0.3 is 10.1 Å². The Morgan fingerprint density at radius 3 is 1.91 bits per heavy atom. The molecule has 0 radical (unpaired) electrons. The number of nitrogens with one attached hydrogen (secondary N) is 1. The van der Waals surface area contributed by atoms with Crippen LogP contribution >= 0.6 is 0 Å². The Kier molecular flexibility index (Phi) is 6.76. The number of carbonyl (C=O) groups is 1. The lowest BCUT2D eigenvalue weighted by Crippen LogP contribution is -2.28. The van der Waals surface area contributed by atoms with E-state index in [2.05, 4.69) is 10.1 Å². The van der Waals surface area contributed by atoms with Gasteiger partial charge in [0, 0.05) is 6.54 Å². The fraction of sp³-hybridized carbons (Fsp3) is 0.174. The molecule has 0 spiro atoms. The van der Waals surface area contributed by atoms with Crippen molar-refractivity contribution in [3.05, 3.63) is 89.5 Å². The number of alkyl halides is 6. The fourth-order valence-corrected chi connectivity index (χ4v) is 3.06. The predicted molar refractivity (Wildman–Crippen MR) is 106 cm³/mol. The molecule has 0 fully saturated rings. The zero-order chi connectivity index (χ0) is 23.4. The van der Waals surface area contributed by atoms with E-state index in [4.69, 9.17) is 0 Å². The van der Waals surface area contributed by atoms with Crippen LogP contribution in [0.3, 0.4) is 0 Å². The SMILES string of the molecule is O=C(NCCc1ccc(-c2ccc(OC(F)(F)F)cc2)cc1)c1ccccc1C(F)(F)F. The molecule has 0 aromatic heterocycles. The molecule has 3 nitrogen and oxygen atoms in total. The van der Waals surface area contributed by atoms with E-state index >= 15 is 0 Å². The van der Waals surface area contributed by atoms with Crippen LogP contribution in [0.25, 0.3) is 11.1 Å². The van der Waals surface area contributed by atoms with Gasteiger partial charge in [-0.05, 0) is 47.4 Å². The van der Waals surface area contributed by atoms with Crippen LogP contribution in [-0.4, -0.2) is 18.8 Å². The zero-order valence-electron chi connectivity index (χ0n) is 16.4. The van der Waals surface area contributed by atoms with Gasteiger partial charge in [0.15, 0.2) is 0 Å². The summed E-state index contributed by atoms with van der Waals surface area (Å²) >= 11 is 0. The van der Waals surface area contributed by atoms with E-state index < -0.39 is 29.6 Å². The smallest absolute Gasteiger partial charge is 0.406 e. The van der Waals surface area contributed by atoms with Crippen molar-refractivity contribution in [1.82, 2.24) is 5.32 Å². The quantitative estimate of drug-likeness (QED) is 0.449. The van der Waals surface area contributed by atoms with Crippen LogP contribution in [0.15, 0.2) is 72.8 Å². The first-order valence-electron chi connectivity index (χ1n) is 9.42. The summed E-state index contributed by atoms with van der Waals surface area (Å²) in [5.74, 6) is -1.13. The van der Waals surface area contributed by atoms with E-state index in [1.807, 2.05) is 0 Å². The second kappa shape index (κ2) is 9.33. The summed E-state index contributed by atoms with van der Waals surface area (Å²) < 4.78 is 79.6. The lowest BCUT2D eigenvalue weighted by Gasteiger charge is -2.12. The molecule has 0 bridgehead atoms. The molecule has 168 valence electrons. The Balaban J connectivity index is 1.57. The summed E-state index contributed by atoms with van der Waals surface area (Å²) in [6.07, 6.45) is -8.99. The highest BCUT2D eigenvalue weighted by Gasteiger charge is 2.34. The monoisotopic (exact) mass is 453 g/mol. The molecule has 32 heavy (non-hydrogen) atoms. The fourth-order valence-electron chi connectivity index (χ4n) is 3.06. The van der Waals surface area contributed by atoms with Gasteiger partial charge in [-0.15, -0.1) is 13.2 Å². The zero-order valence-corrected chi connectivity index (χ0v) is 16.4. The Morgan fingerprint density at radius 2 is 1.34 bits per heavy atom. The predicted octanol–water partition coefficient (Wildman–Crippen LogP) is 6.24. The number of carbonyl (C=O) groups excluding carboxylic acids is 1. The lowest BCUT2D eigenvalue weighted by molar-refractivity contribution is -0.274. The van der Waals surface area contributed by atoms with E-state index in [0.717, 1.165) is 23.3 Å². The lowest BCUT2D eigenvalue weighted by atomic mass is 10.0. The normalized spacial score (nSPS) is 11.8. The van der Waals surface area contributed by atoms with Gasteiger partial charge in [0.25, 0.3) is 5.91 Å². The number of hydrogen-bond donors (Lipinski definition) is 1. The second-order valence-corrected chi connectivity index (χ2v) is 6.82. The minimum Gasteiger partial charge on any atom is -0.406 e. The Labute approximate surface area is 179 Å². The molecule has 0 aliphatic rings. The van der Waals surface area contributed by atoms with E-state index in [1.54, 1.807) is 24.3 Å². The van der Waals surface area contributed by atoms with E-state index in [9.17, 15) is 31.1 Å². The van der Waals surface area contributed by atoms with Crippen LogP contribution in [0.1, 0.15) is 21.5 Å². The maximum Gasteiger partial charge on any atom is 0.573 e. The van der Waals surface area contributed by atoms with Gasteiger partial charge in [-0.3, -0.25) is 4.79 Å². The minimum absolute atomic E-state index is 0.133. The molecule has 3 aromatic rings. The summed E-state index contributed by atoms with van der Waals surface area (Å²) in [5.41, 5.74) is 0.843. The van der Waals surface area contributed by atoms with Gasteiger partial charge >= 0.3 is 12.5 Å². The summed E-state index contributed by atoms with van der Waals surface area (Å²) in [6.45, 7) is 0.133. The summed E-state index contributed by atoms with van der Waals surface area (Å²) in [6, 6.07) is 17.0. The van der Waals surface area contributed by atoms with Crippen molar-refractivity contribution >= 4 is 5.91 Å². The summed E-state index contributed by atoms with van der Waals surface area (Å²) in [5, 5.41) is 2.49. The van der Waals surface area contributed by atoms with Crippen LogP contribution in [0.2, 0.25) is 0 Å². The number of amides is 1. The maximum absolute atomic E-state index is 13.0. The van der Waals surface area contributed by atoms with Crippen molar-refractivity contribution in [2.45, 2.75) is 19.0 Å². The topological polar surface area (TPSA) is 38.3 Å². The average molecular weight is 453 g/mol. The second-order valence-electron chi connectivity index (χ2n) is 6.82. The van der Waals surface area contributed by atoms with Crippen molar-refractivity contribution in [3.8, 4) is 16.9 Å². The van der Waals surface area contributed by atoms with Gasteiger partial charge in [0.1, 0.15) is 5.75 Å². The van der Waals surface area contributed by atoms with Gasteiger partial charge in [-0.2, -0.15) is 13.2 Å². The van der Waals surface area contributed by atoms with Gasteiger partial charge in [-0.1, -0.05) is 48.5 Å². The van der Waals surface area contributed by atoms with E-state index in [0.29, 0.717) is 12.0 Å². The third-order valence-corrected chi connectivity index (χ3v) is 4.55. The molecular formula is C23H17F6NO2. The highest BCUT2D eigenvalue weighted by atomic mass is 19.4. The first-order valence-corrected chi connectivity index (χ1v) is 9.42. The molecule has 0 unspecified atom stereocenters. The largest absolute Gasteiger partial charge is 0.573 e. The number of rotatable bonds is 6. The third kappa shape index (κ3) is 6.26. The molecule has 0 heterocycles. The number of ether oxygens (including phenoxy) is 1. The van der Waals surface area contributed by atoms with Crippen molar-refractivity contribution < 1.29 is 35.9 Å². The molecule has 9 heteroatoms. The molecule has 1 amide bonds.